The van der Waals surface area contributed by atoms with Gasteiger partial charge in [-0.2, -0.15) is 8.78 Å². The quantitative estimate of drug-likeness (QED) is 0.318. The minimum atomic E-state index is -5.12. The van der Waals surface area contributed by atoms with Crippen molar-refractivity contribution >= 4 is 85.3 Å². The highest BCUT2D eigenvalue weighted by Gasteiger charge is 2.56. The zero-order chi connectivity index (χ0) is 19.7. The van der Waals surface area contributed by atoms with Gasteiger partial charge in [-0.1, -0.05) is 69.6 Å². The van der Waals surface area contributed by atoms with Gasteiger partial charge in [0.15, 0.2) is 6.10 Å². The van der Waals surface area contributed by atoms with E-state index in [-0.39, 0.29) is 6.42 Å². The van der Waals surface area contributed by atoms with Crippen LogP contribution < -0.4 is 0 Å². The molecule has 0 aromatic rings. The normalized spacial score (nSPS) is 26.2. The van der Waals surface area contributed by atoms with Crippen molar-refractivity contribution in [3.63, 3.8) is 0 Å². The Morgan fingerprint density at radius 1 is 1.12 bits per heavy atom. The Morgan fingerprint density at radius 3 is 1.88 bits per heavy atom. The van der Waals surface area contributed by atoms with E-state index in [9.17, 15) is 18.5 Å². The average molecular weight is 507 g/mol. The molecule has 3 atom stereocenters. The van der Waals surface area contributed by atoms with Gasteiger partial charge in [-0.05, 0) is 6.42 Å². The Labute approximate surface area is 173 Å². The van der Waals surface area contributed by atoms with E-state index in [0.29, 0.717) is 0 Å². The van der Waals surface area contributed by atoms with Crippen molar-refractivity contribution in [2.45, 2.75) is 38.3 Å². The van der Waals surface area contributed by atoms with E-state index in [1.54, 1.807) is 0 Å². The first kappa shape index (κ1) is 24.7. The SMILES string of the molecule is [B][C@H]1C[C@@H](O)[C@@H](C(F)(F)OP(=O)(OCC(Cl)(Cl)Cl)OCC(Cl)(Cl)Cl)O1. The molecular weight excluding hydrogens is 497 g/mol. The molecule has 25 heavy (non-hydrogen) atoms. The molecule has 1 aliphatic rings. The van der Waals surface area contributed by atoms with Gasteiger partial charge in [0, 0.05) is 6.00 Å². The Hall–Kier alpha value is 1.69. The Bertz CT molecular complexity index is 484. The van der Waals surface area contributed by atoms with Crippen LogP contribution in [0.4, 0.5) is 8.78 Å². The highest BCUT2D eigenvalue weighted by atomic mass is 35.6. The largest absolute Gasteiger partial charge is 0.479 e. The predicted octanol–water partition coefficient (Wildman–Crippen LogP) is 4.12. The Morgan fingerprint density at radius 2 is 1.56 bits per heavy atom. The number of alkyl halides is 8. The lowest BCUT2D eigenvalue weighted by Gasteiger charge is -2.29. The maximum atomic E-state index is 14.2. The third-order valence-corrected chi connectivity index (χ3v) is 4.49. The topological polar surface area (TPSA) is 74.2 Å². The number of hydrogen-bond acceptors (Lipinski definition) is 6. The molecule has 6 nitrogen and oxygen atoms in total. The summed E-state index contributed by atoms with van der Waals surface area (Å²) in [7, 11) is 0.179. The summed E-state index contributed by atoms with van der Waals surface area (Å²) in [6.07, 6.45) is -8.62. The molecule has 0 aliphatic carbocycles. The molecule has 0 amide bonds. The fraction of sp³-hybridized carbons (Fsp3) is 1.00. The molecule has 16 heteroatoms. The fourth-order valence-corrected chi connectivity index (χ4v) is 3.66. The van der Waals surface area contributed by atoms with Crippen LogP contribution >= 0.6 is 77.4 Å². The molecule has 1 saturated heterocycles. The van der Waals surface area contributed by atoms with Crippen molar-refractivity contribution in [2.24, 2.45) is 0 Å². The number of aliphatic hydroxyl groups is 1. The molecule has 0 bridgehead atoms. The Kier molecular flexibility index (Phi) is 8.92. The molecule has 1 fully saturated rings. The highest BCUT2D eigenvalue weighted by Crippen LogP contribution is 2.57. The van der Waals surface area contributed by atoms with Gasteiger partial charge in [0.2, 0.25) is 7.59 Å². The minimum absolute atomic E-state index is 0.308. The number of phosphoric ester groups is 1. The summed E-state index contributed by atoms with van der Waals surface area (Å²) in [5.74, 6) is 0. The van der Waals surface area contributed by atoms with Crippen molar-refractivity contribution in [2.75, 3.05) is 13.2 Å². The summed E-state index contributed by atoms with van der Waals surface area (Å²) >= 11 is 32.4. The van der Waals surface area contributed by atoms with Gasteiger partial charge in [-0.15, -0.1) is 0 Å². The van der Waals surface area contributed by atoms with E-state index in [2.05, 4.69) is 18.3 Å². The van der Waals surface area contributed by atoms with E-state index in [0.717, 1.165) is 0 Å². The first-order chi connectivity index (χ1) is 11.0. The van der Waals surface area contributed by atoms with Gasteiger partial charge in [0.25, 0.3) is 0 Å². The monoisotopic (exact) mass is 504 g/mol. The smallest absolute Gasteiger partial charge is 0.390 e. The third-order valence-electron chi connectivity index (χ3n) is 2.48. The fourth-order valence-electron chi connectivity index (χ4n) is 1.59. The van der Waals surface area contributed by atoms with Crippen LogP contribution in [-0.2, 0) is 22.9 Å². The van der Waals surface area contributed by atoms with Crippen molar-refractivity contribution in [1.82, 2.24) is 0 Å². The maximum absolute atomic E-state index is 14.2. The number of halogens is 8. The lowest BCUT2D eigenvalue weighted by Crippen LogP contribution is -2.42. The van der Waals surface area contributed by atoms with Crippen molar-refractivity contribution in [1.29, 1.82) is 0 Å². The first-order valence-corrected chi connectivity index (χ1v) is 9.96. The number of ether oxygens (including phenoxy) is 1. The standard InChI is InChI=1S/C9H10BCl6F2O6P/c10-5-1-4(19)6(23-5)9(17,18)24-25(20,21-2-7(11,12)13)22-3-8(14,15)16/h4-6,19H,1-3H2/t4-,5-,6+/m1/s1. The van der Waals surface area contributed by atoms with E-state index >= 15 is 0 Å². The summed E-state index contributed by atoms with van der Waals surface area (Å²) in [4.78, 5) is 0. The van der Waals surface area contributed by atoms with Crippen LogP contribution in [0.1, 0.15) is 6.42 Å². The lowest BCUT2D eigenvalue weighted by molar-refractivity contribution is -0.265. The van der Waals surface area contributed by atoms with Gasteiger partial charge in [0.1, 0.15) is 21.1 Å². The molecule has 0 aromatic heterocycles. The van der Waals surface area contributed by atoms with Crippen molar-refractivity contribution in [3.05, 3.63) is 0 Å². The van der Waals surface area contributed by atoms with E-state index < -0.39 is 52.9 Å². The maximum Gasteiger partial charge on any atom is 0.479 e. The van der Waals surface area contributed by atoms with Crippen molar-refractivity contribution in [3.8, 4) is 0 Å². The van der Waals surface area contributed by atoms with E-state index in [1.165, 1.54) is 0 Å². The summed E-state index contributed by atoms with van der Waals surface area (Å²) in [6, 6.07) is -1.18. The van der Waals surface area contributed by atoms with Gasteiger partial charge < -0.3 is 9.84 Å². The van der Waals surface area contributed by atoms with Gasteiger partial charge in [-0.25, -0.2) is 9.09 Å². The molecule has 146 valence electrons. The summed E-state index contributed by atoms with van der Waals surface area (Å²) < 4.78 is 54.3. The van der Waals surface area contributed by atoms with Crippen LogP contribution in [0, 0.1) is 0 Å². The van der Waals surface area contributed by atoms with Crippen LogP contribution in [-0.4, -0.2) is 58.1 Å². The molecule has 0 saturated carbocycles. The third kappa shape index (κ3) is 9.16. The van der Waals surface area contributed by atoms with Gasteiger partial charge >= 0.3 is 13.9 Å². The van der Waals surface area contributed by atoms with Crippen LogP contribution in [0.5, 0.6) is 0 Å². The van der Waals surface area contributed by atoms with Crippen molar-refractivity contribution < 1.29 is 36.8 Å². The van der Waals surface area contributed by atoms with Crippen LogP contribution in [0.15, 0.2) is 0 Å². The van der Waals surface area contributed by atoms with E-state index in [1.807, 2.05) is 0 Å². The molecule has 0 spiro atoms. The zero-order valence-corrected chi connectivity index (χ0v) is 17.3. The summed E-state index contributed by atoms with van der Waals surface area (Å²) in [5.41, 5.74) is 0. The second kappa shape index (κ2) is 9.01. The van der Waals surface area contributed by atoms with Crippen LogP contribution in [0.25, 0.3) is 0 Å². The first-order valence-electron chi connectivity index (χ1n) is 6.23. The van der Waals surface area contributed by atoms with E-state index in [4.69, 9.17) is 77.5 Å². The summed E-state index contributed by atoms with van der Waals surface area (Å²) in [5, 5.41) is 9.55. The van der Waals surface area contributed by atoms with Gasteiger partial charge in [0.05, 0.1) is 6.10 Å². The Balaban J connectivity index is 2.92. The molecule has 2 radical (unpaired) electrons. The van der Waals surface area contributed by atoms with Crippen LogP contribution in [0.3, 0.4) is 0 Å². The molecule has 1 N–H and O–H groups in total. The molecule has 1 rings (SSSR count). The van der Waals surface area contributed by atoms with Gasteiger partial charge in [-0.3, -0.25) is 9.05 Å². The summed E-state index contributed by atoms with van der Waals surface area (Å²) in [6.45, 7) is -1.92. The number of phosphoric acid groups is 1. The second-order valence-electron chi connectivity index (χ2n) is 4.78. The predicted molar refractivity (Wildman–Crippen MR) is 91.2 cm³/mol. The second-order valence-corrected chi connectivity index (χ2v) is 11.4. The number of hydrogen-bond donors (Lipinski definition) is 1. The number of aliphatic hydroxyl groups excluding tert-OH is 1. The molecule has 1 heterocycles. The van der Waals surface area contributed by atoms with Crippen LogP contribution in [0.2, 0.25) is 0 Å². The average Bonchev–Trinajstić information content (AvgIpc) is 2.72. The molecule has 1 aliphatic heterocycles. The molecule has 0 aromatic carbocycles. The minimum Gasteiger partial charge on any atom is -0.390 e. The number of rotatable bonds is 7. The lowest BCUT2D eigenvalue weighted by atomic mass is 9.96. The zero-order valence-electron chi connectivity index (χ0n) is 11.9. The molecule has 0 unspecified atom stereocenters. The highest BCUT2D eigenvalue weighted by molar-refractivity contribution is 7.48. The molecular formula is C9H10BCl6F2O6P.